The topological polar surface area (TPSA) is 9.23 Å². The molecule has 0 aliphatic carbocycles. The van der Waals surface area contributed by atoms with Crippen LogP contribution in [-0.4, -0.2) is 18.5 Å². The molecule has 0 fully saturated rings. The average molecular weight is 391 g/mol. The van der Waals surface area contributed by atoms with E-state index in [4.69, 9.17) is 0 Å². The highest BCUT2D eigenvalue weighted by Gasteiger charge is 2.59. The highest BCUT2D eigenvalue weighted by atomic mass is 79.9. The fourth-order valence-electron chi connectivity index (χ4n) is 1.18. The van der Waals surface area contributed by atoms with E-state index in [0.717, 1.165) is 0 Å². The molecule has 0 saturated carbocycles. The van der Waals surface area contributed by atoms with Gasteiger partial charge in [-0.2, -0.15) is 35.1 Å². The Morgan fingerprint density at radius 3 is 1.86 bits per heavy atom. The van der Waals surface area contributed by atoms with Gasteiger partial charge in [-0.1, -0.05) is 15.9 Å². The van der Waals surface area contributed by atoms with Crippen LogP contribution in [-0.2, 0) is 6.18 Å². The first kappa shape index (κ1) is 17.9. The van der Waals surface area contributed by atoms with Crippen LogP contribution in [0.1, 0.15) is 5.56 Å². The smallest absolute Gasteiger partial charge is 0.430 e. The Bertz CT molecular complexity index is 508. The molecule has 1 nitrogen and oxygen atoms in total. The van der Waals surface area contributed by atoms with Crippen LogP contribution < -0.4 is 4.74 Å². The van der Waals surface area contributed by atoms with Crippen molar-refractivity contribution < 1.29 is 44.3 Å². The van der Waals surface area contributed by atoms with Gasteiger partial charge in [0.25, 0.3) is 6.17 Å². The third kappa shape index (κ3) is 4.68. The molecule has 1 rings (SSSR count). The highest BCUT2D eigenvalue weighted by Crippen LogP contribution is 2.39. The molecule has 0 bridgehead atoms. The van der Waals surface area contributed by atoms with Crippen molar-refractivity contribution in [1.82, 2.24) is 0 Å². The molecule has 1 unspecified atom stereocenters. The summed E-state index contributed by atoms with van der Waals surface area (Å²) in [5.41, 5.74) is -1.45. The molecule has 0 spiro atoms. The maximum absolute atomic E-state index is 12.9. The second kappa shape index (κ2) is 5.58. The number of hydrogen-bond donors (Lipinski definition) is 0. The fourth-order valence-corrected chi connectivity index (χ4v) is 1.66. The summed E-state index contributed by atoms with van der Waals surface area (Å²) in [4.78, 5) is 0. The number of ether oxygens (including phenoxy) is 1. The Hall–Kier alpha value is -1.13. The zero-order valence-electron chi connectivity index (χ0n) is 9.50. The van der Waals surface area contributed by atoms with Gasteiger partial charge in [0, 0.05) is 4.47 Å². The lowest BCUT2D eigenvalue weighted by Gasteiger charge is -2.23. The standard InChI is InChI=1S/C10H4BrF9O/c11-5-1-4(8(13,14)15)2-6(3-5)21-10(19,20)7(12)9(16,17)18/h1-3,7H. The summed E-state index contributed by atoms with van der Waals surface area (Å²) in [5, 5.41) is 0. The summed E-state index contributed by atoms with van der Waals surface area (Å²) in [5.74, 6) is -1.27. The van der Waals surface area contributed by atoms with Gasteiger partial charge in [0.15, 0.2) is 0 Å². The average Bonchev–Trinajstić information content (AvgIpc) is 2.24. The largest absolute Gasteiger partial charge is 0.439 e. The molecular weight excluding hydrogens is 387 g/mol. The lowest BCUT2D eigenvalue weighted by molar-refractivity contribution is -0.305. The minimum Gasteiger partial charge on any atom is -0.430 e. The third-order valence-electron chi connectivity index (χ3n) is 2.03. The number of rotatable bonds is 3. The van der Waals surface area contributed by atoms with Crippen molar-refractivity contribution >= 4 is 15.9 Å². The van der Waals surface area contributed by atoms with Crippen LogP contribution in [0, 0.1) is 0 Å². The van der Waals surface area contributed by atoms with E-state index in [1.807, 2.05) is 0 Å². The summed E-state index contributed by atoms with van der Waals surface area (Å²) >= 11 is 2.55. The normalized spacial score (nSPS) is 15.0. The van der Waals surface area contributed by atoms with E-state index in [1.165, 1.54) is 0 Å². The van der Waals surface area contributed by atoms with Crippen molar-refractivity contribution in [3.8, 4) is 5.75 Å². The molecule has 0 saturated heterocycles. The SMILES string of the molecule is FC(C(F)(F)F)C(F)(F)Oc1cc(Br)cc(C(F)(F)F)c1. The Morgan fingerprint density at radius 2 is 1.43 bits per heavy atom. The van der Waals surface area contributed by atoms with Crippen molar-refractivity contribution in [2.24, 2.45) is 0 Å². The van der Waals surface area contributed by atoms with Crippen molar-refractivity contribution in [2.45, 2.75) is 24.6 Å². The van der Waals surface area contributed by atoms with Crippen LogP contribution >= 0.6 is 15.9 Å². The van der Waals surface area contributed by atoms with Crippen LogP contribution in [0.25, 0.3) is 0 Å². The maximum Gasteiger partial charge on any atom is 0.439 e. The van der Waals surface area contributed by atoms with Crippen molar-refractivity contribution in [3.63, 3.8) is 0 Å². The van der Waals surface area contributed by atoms with Crippen LogP contribution in [0.15, 0.2) is 22.7 Å². The fraction of sp³-hybridized carbons (Fsp3) is 0.400. The minimum absolute atomic E-state index is 0.0295. The van der Waals surface area contributed by atoms with E-state index in [9.17, 15) is 39.5 Å². The molecular formula is C10H4BrF9O. The van der Waals surface area contributed by atoms with E-state index >= 15 is 0 Å². The van der Waals surface area contributed by atoms with Crippen molar-refractivity contribution in [2.75, 3.05) is 0 Å². The molecule has 0 aromatic heterocycles. The quantitative estimate of drug-likeness (QED) is 0.633. The Labute approximate surface area is 119 Å². The van der Waals surface area contributed by atoms with Crippen LogP contribution in [0.5, 0.6) is 5.75 Å². The van der Waals surface area contributed by atoms with Gasteiger partial charge in [0.05, 0.1) is 5.56 Å². The van der Waals surface area contributed by atoms with Crippen molar-refractivity contribution in [3.05, 3.63) is 28.2 Å². The van der Waals surface area contributed by atoms with Gasteiger partial charge in [0.1, 0.15) is 5.75 Å². The van der Waals surface area contributed by atoms with E-state index in [-0.39, 0.29) is 10.5 Å². The first-order valence-electron chi connectivity index (χ1n) is 4.89. The molecule has 0 amide bonds. The van der Waals surface area contributed by atoms with Crippen LogP contribution in [0.4, 0.5) is 39.5 Å². The molecule has 21 heavy (non-hydrogen) atoms. The Balaban J connectivity index is 3.11. The van der Waals surface area contributed by atoms with Crippen LogP contribution in [0.2, 0.25) is 0 Å². The second-order valence-electron chi connectivity index (χ2n) is 3.74. The van der Waals surface area contributed by atoms with Gasteiger partial charge < -0.3 is 4.74 Å². The molecule has 1 aromatic carbocycles. The first-order chi connectivity index (χ1) is 9.23. The van der Waals surface area contributed by atoms with E-state index in [1.54, 1.807) is 0 Å². The summed E-state index contributed by atoms with van der Waals surface area (Å²) in [7, 11) is 0. The first-order valence-corrected chi connectivity index (χ1v) is 5.68. The summed E-state index contributed by atoms with van der Waals surface area (Å²) in [6, 6.07) is 1.07. The molecule has 120 valence electrons. The van der Waals surface area contributed by atoms with Gasteiger partial charge in [-0.05, 0) is 18.2 Å². The Kier molecular flexibility index (Phi) is 4.76. The van der Waals surface area contributed by atoms with E-state index < -0.39 is 35.9 Å². The molecule has 0 aliphatic rings. The molecule has 1 atom stereocenters. The monoisotopic (exact) mass is 390 g/mol. The van der Waals surface area contributed by atoms with E-state index in [2.05, 4.69) is 20.7 Å². The highest BCUT2D eigenvalue weighted by molar-refractivity contribution is 9.10. The zero-order valence-corrected chi connectivity index (χ0v) is 11.1. The van der Waals surface area contributed by atoms with E-state index in [0.29, 0.717) is 12.1 Å². The number of halogens is 10. The molecule has 0 aliphatic heterocycles. The van der Waals surface area contributed by atoms with Gasteiger partial charge in [0.2, 0.25) is 0 Å². The molecule has 0 heterocycles. The number of alkyl halides is 9. The van der Waals surface area contributed by atoms with Gasteiger partial charge in [-0.15, -0.1) is 0 Å². The van der Waals surface area contributed by atoms with Crippen LogP contribution in [0.3, 0.4) is 0 Å². The molecule has 0 N–H and O–H groups in total. The lowest BCUT2D eigenvalue weighted by Crippen LogP contribution is -2.45. The van der Waals surface area contributed by atoms with Crippen molar-refractivity contribution in [1.29, 1.82) is 0 Å². The predicted molar refractivity (Wildman–Crippen MR) is 55.7 cm³/mol. The zero-order chi connectivity index (χ0) is 16.6. The summed E-state index contributed by atoms with van der Waals surface area (Å²) in [6.07, 6.45) is -20.9. The number of benzene rings is 1. The molecule has 11 heteroatoms. The second-order valence-corrected chi connectivity index (χ2v) is 4.66. The van der Waals surface area contributed by atoms with Gasteiger partial charge >= 0.3 is 18.5 Å². The number of hydrogen-bond acceptors (Lipinski definition) is 1. The summed E-state index contributed by atoms with van der Waals surface area (Å²) in [6.45, 7) is 0. The van der Waals surface area contributed by atoms with Gasteiger partial charge in [-0.25, -0.2) is 4.39 Å². The Morgan fingerprint density at radius 1 is 0.905 bits per heavy atom. The van der Waals surface area contributed by atoms with Gasteiger partial charge in [-0.3, -0.25) is 0 Å². The lowest BCUT2D eigenvalue weighted by atomic mass is 10.2. The molecule has 1 aromatic rings. The summed E-state index contributed by atoms with van der Waals surface area (Å²) < 4.78 is 114. The predicted octanol–water partition coefficient (Wildman–Crippen LogP) is 5.34. The molecule has 0 radical (unpaired) electrons. The maximum atomic E-state index is 12.9. The minimum atomic E-state index is -5.93. The third-order valence-corrected chi connectivity index (χ3v) is 2.49.